The second-order valence-electron chi connectivity index (χ2n) is 7.35. The van der Waals surface area contributed by atoms with Crippen molar-refractivity contribution in [3.63, 3.8) is 0 Å². The first-order chi connectivity index (χ1) is 15.0. The van der Waals surface area contributed by atoms with Crippen molar-refractivity contribution in [3.8, 4) is 5.75 Å². The molecular weight excluding hydrogens is 395 g/mol. The molecule has 1 fully saturated rings. The van der Waals surface area contributed by atoms with Gasteiger partial charge in [0.15, 0.2) is 0 Å². The molecule has 1 saturated heterocycles. The van der Waals surface area contributed by atoms with E-state index in [1.807, 2.05) is 37.3 Å². The minimum Gasteiger partial charge on any atom is -0.489 e. The van der Waals surface area contributed by atoms with Crippen molar-refractivity contribution in [2.45, 2.75) is 20.1 Å². The Morgan fingerprint density at radius 2 is 1.68 bits per heavy atom. The fraction of sp³-hybridized carbons (Fsp3) is 0.120. The second-order valence-corrected chi connectivity index (χ2v) is 7.35. The van der Waals surface area contributed by atoms with Crippen molar-refractivity contribution in [2.75, 3.05) is 0 Å². The van der Waals surface area contributed by atoms with E-state index in [9.17, 15) is 14.0 Å². The van der Waals surface area contributed by atoms with Crippen LogP contribution in [0.1, 0.15) is 22.3 Å². The van der Waals surface area contributed by atoms with Gasteiger partial charge in [-0.15, -0.1) is 0 Å². The Hall–Kier alpha value is -3.93. The zero-order valence-corrected chi connectivity index (χ0v) is 17.0. The number of nitrogens with one attached hydrogen (secondary N) is 1. The summed E-state index contributed by atoms with van der Waals surface area (Å²) in [5, 5.41) is 2.64. The van der Waals surface area contributed by atoms with E-state index in [0.717, 1.165) is 22.3 Å². The van der Waals surface area contributed by atoms with E-state index in [-0.39, 0.29) is 24.0 Å². The normalized spacial score (nSPS) is 14.8. The minimum atomic E-state index is -0.444. The highest BCUT2D eigenvalue weighted by Gasteiger charge is 2.33. The average molecular weight is 416 g/mol. The van der Waals surface area contributed by atoms with Crippen molar-refractivity contribution in [1.82, 2.24) is 10.2 Å². The molecule has 3 amide bonds. The summed E-state index contributed by atoms with van der Waals surface area (Å²) in [4.78, 5) is 26.2. The van der Waals surface area contributed by atoms with Crippen LogP contribution >= 0.6 is 0 Å². The molecule has 0 aromatic heterocycles. The molecule has 0 unspecified atom stereocenters. The molecule has 0 atom stereocenters. The first-order valence-electron chi connectivity index (χ1n) is 9.85. The number of hydrogen-bond acceptors (Lipinski definition) is 3. The SMILES string of the molecule is Cc1ccc(CN2C(=O)N/C(=C/c3cccc(OCc4ccc(F)cc4)c3)C2=O)cc1. The number of amides is 3. The molecule has 5 nitrogen and oxygen atoms in total. The number of carbonyl (C=O) groups excluding carboxylic acids is 2. The third-order valence-corrected chi connectivity index (χ3v) is 4.91. The van der Waals surface area contributed by atoms with Crippen LogP contribution in [0.4, 0.5) is 9.18 Å². The third kappa shape index (κ3) is 4.98. The molecule has 4 rings (SSSR count). The van der Waals surface area contributed by atoms with Crippen LogP contribution < -0.4 is 10.1 Å². The molecule has 1 N–H and O–H groups in total. The van der Waals surface area contributed by atoms with Gasteiger partial charge in [-0.3, -0.25) is 9.69 Å². The maximum Gasteiger partial charge on any atom is 0.329 e. The summed E-state index contributed by atoms with van der Waals surface area (Å²) in [5.41, 5.74) is 3.77. The largest absolute Gasteiger partial charge is 0.489 e. The Morgan fingerprint density at radius 1 is 0.968 bits per heavy atom. The van der Waals surface area contributed by atoms with Crippen LogP contribution in [0.5, 0.6) is 5.75 Å². The highest BCUT2D eigenvalue weighted by Crippen LogP contribution is 2.20. The number of benzene rings is 3. The number of halogens is 1. The molecule has 0 spiro atoms. The molecule has 156 valence electrons. The first kappa shape index (κ1) is 20.3. The monoisotopic (exact) mass is 416 g/mol. The van der Waals surface area contributed by atoms with Crippen molar-refractivity contribution < 1.29 is 18.7 Å². The van der Waals surface area contributed by atoms with Gasteiger partial charge in [-0.25, -0.2) is 9.18 Å². The predicted octanol–water partition coefficient (Wildman–Crippen LogP) is 4.81. The summed E-state index contributed by atoms with van der Waals surface area (Å²) in [6.07, 6.45) is 1.63. The lowest BCUT2D eigenvalue weighted by atomic mass is 10.1. The molecular formula is C25H21FN2O3. The van der Waals surface area contributed by atoms with Crippen molar-refractivity contribution in [1.29, 1.82) is 0 Å². The number of carbonyl (C=O) groups is 2. The molecule has 1 heterocycles. The number of rotatable bonds is 6. The number of imide groups is 1. The van der Waals surface area contributed by atoms with Crippen LogP contribution in [0.25, 0.3) is 6.08 Å². The van der Waals surface area contributed by atoms with Crippen LogP contribution in [0.15, 0.2) is 78.5 Å². The lowest BCUT2D eigenvalue weighted by Gasteiger charge is -2.11. The van der Waals surface area contributed by atoms with Gasteiger partial charge in [-0.2, -0.15) is 0 Å². The lowest BCUT2D eigenvalue weighted by Crippen LogP contribution is -2.30. The number of urea groups is 1. The van der Waals surface area contributed by atoms with Gasteiger partial charge >= 0.3 is 6.03 Å². The Balaban J connectivity index is 1.44. The van der Waals surface area contributed by atoms with Crippen molar-refractivity contribution in [2.24, 2.45) is 0 Å². The highest BCUT2D eigenvalue weighted by molar-refractivity contribution is 6.13. The summed E-state index contributed by atoms with van der Waals surface area (Å²) in [6, 6.07) is 20.5. The second kappa shape index (κ2) is 8.83. The van der Waals surface area contributed by atoms with Gasteiger partial charge in [0.2, 0.25) is 0 Å². The van der Waals surface area contributed by atoms with Gasteiger partial charge < -0.3 is 10.1 Å². The van der Waals surface area contributed by atoms with Crippen LogP contribution in [0.3, 0.4) is 0 Å². The van der Waals surface area contributed by atoms with Gasteiger partial charge in [0.05, 0.1) is 6.54 Å². The number of nitrogens with zero attached hydrogens (tertiary/aromatic N) is 1. The van der Waals surface area contributed by atoms with Crippen LogP contribution in [-0.2, 0) is 17.9 Å². The summed E-state index contributed by atoms with van der Waals surface area (Å²) in [5.74, 6) is -0.0627. The minimum absolute atomic E-state index is 0.211. The Bertz CT molecular complexity index is 1140. The smallest absolute Gasteiger partial charge is 0.329 e. The summed E-state index contributed by atoms with van der Waals surface area (Å²) < 4.78 is 18.8. The summed E-state index contributed by atoms with van der Waals surface area (Å²) in [7, 11) is 0. The van der Waals surface area contributed by atoms with E-state index >= 15 is 0 Å². The average Bonchev–Trinajstić information content (AvgIpc) is 3.02. The molecule has 3 aromatic carbocycles. The molecule has 3 aromatic rings. The number of aryl methyl sites for hydroxylation is 1. The van der Waals surface area contributed by atoms with Crippen LogP contribution in [0.2, 0.25) is 0 Å². The summed E-state index contributed by atoms with van der Waals surface area (Å²) >= 11 is 0. The first-order valence-corrected chi connectivity index (χ1v) is 9.85. The van der Waals surface area contributed by atoms with E-state index in [2.05, 4.69) is 5.32 Å². The van der Waals surface area contributed by atoms with Gasteiger partial charge in [0, 0.05) is 0 Å². The molecule has 31 heavy (non-hydrogen) atoms. The van der Waals surface area contributed by atoms with E-state index in [4.69, 9.17) is 4.74 Å². The molecule has 6 heteroatoms. The standard InChI is InChI=1S/C25H21FN2O3/c1-17-5-7-18(8-6-17)15-28-24(29)23(27-25(28)30)14-20-3-2-4-22(13-20)31-16-19-9-11-21(26)12-10-19/h2-14H,15-16H2,1H3,(H,27,30)/b23-14+. The predicted molar refractivity (Wildman–Crippen MR) is 115 cm³/mol. The molecule has 1 aliphatic heterocycles. The van der Waals surface area contributed by atoms with Crippen molar-refractivity contribution in [3.05, 3.63) is 107 Å². The fourth-order valence-corrected chi connectivity index (χ4v) is 3.20. The molecule has 0 radical (unpaired) electrons. The highest BCUT2D eigenvalue weighted by atomic mass is 19.1. The van der Waals surface area contributed by atoms with Gasteiger partial charge in [-0.05, 0) is 54.0 Å². The number of hydrogen-bond donors (Lipinski definition) is 1. The van der Waals surface area contributed by atoms with Crippen LogP contribution in [-0.4, -0.2) is 16.8 Å². The van der Waals surface area contributed by atoms with E-state index in [1.54, 1.807) is 36.4 Å². The Kier molecular flexibility index (Phi) is 5.80. The molecule has 1 aliphatic rings. The maximum atomic E-state index is 13.0. The van der Waals surface area contributed by atoms with E-state index in [0.29, 0.717) is 12.4 Å². The molecule has 0 saturated carbocycles. The van der Waals surface area contributed by atoms with E-state index < -0.39 is 6.03 Å². The third-order valence-electron chi connectivity index (χ3n) is 4.91. The zero-order chi connectivity index (χ0) is 21.8. The van der Waals surface area contributed by atoms with Crippen LogP contribution in [0, 0.1) is 12.7 Å². The maximum absolute atomic E-state index is 13.0. The lowest BCUT2D eigenvalue weighted by molar-refractivity contribution is -0.123. The molecule has 0 aliphatic carbocycles. The fourth-order valence-electron chi connectivity index (χ4n) is 3.20. The Morgan fingerprint density at radius 3 is 2.42 bits per heavy atom. The summed E-state index contributed by atoms with van der Waals surface area (Å²) in [6.45, 7) is 2.49. The molecule has 0 bridgehead atoms. The van der Waals surface area contributed by atoms with E-state index in [1.165, 1.54) is 17.0 Å². The van der Waals surface area contributed by atoms with Gasteiger partial charge in [0.25, 0.3) is 5.91 Å². The van der Waals surface area contributed by atoms with Gasteiger partial charge in [-0.1, -0.05) is 54.1 Å². The number of ether oxygens (including phenoxy) is 1. The quantitative estimate of drug-likeness (QED) is 0.464. The topological polar surface area (TPSA) is 58.6 Å². The zero-order valence-electron chi connectivity index (χ0n) is 17.0. The van der Waals surface area contributed by atoms with Gasteiger partial charge in [0.1, 0.15) is 23.9 Å². The van der Waals surface area contributed by atoms with Crippen molar-refractivity contribution >= 4 is 18.0 Å². The Labute approximate surface area is 179 Å².